The Balaban J connectivity index is 2.33. The molecule has 3 heteroatoms. The molecule has 0 aliphatic carbocycles. The van der Waals surface area contributed by atoms with Crippen LogP contribution in [0, 0.1) is 5.92 Å². The lowest BCUT2D eigenvalue weighted by atomic mass is 9.94. The van der Waals surface area contributed by atoms with E-state index in [9.17, 15) is 4.79 Å². The Labute approximate surface area is 107 Å². The first-order valence-electron chi connectivity index (χ1n) is 6.21. The molecular weight excluding hydrogens is 224 g/mol. The number of fused-ring (bicyclic) bond motifs is 1. The summed E-state index contributed by atoms with van der Waals surface area (Å²) in [6.45, 7) is 4.06. The van der Waals surface area contributed by atoms with Crippen LogP contribution in [-0.2, 0) is 0 Å². The quantitative estimate of drug-likeness (QED) is 0.839. The first kappa shape index (κ1) is 12.7. The van der Waals surface area contributed by atoms with Gasteiger partial charge in [-0.05, 0) is 17.4 Å². The molecule has 2 N–H and O–H groups in total. The smallest absolute Gasteiger partial charge is 0.165 e. The predicted molar refractivity (Wildman–Crippen MR) is 73.5 cm³/mol. The second kappa shape index (κ2) is 5.27. The first-order chi connectivity index (χ1) is 8.59. The normalized spacial score (nSPS) is 12.9. The number of hydrogen-bond donors (Lipinski definition) is 1. The molecule has 1 aromatic heterocycles. The minimum absolute atomic E-state index is 0.0924. The van der Waals surface area contributed by atoms with Crippen molar-refractivity contribution in [3.8, 4) is 0 Å². The van der Waals surface area contributed by atoms with E-state index in [-0.39, 0.29) is 11.8 Å². The Kier molecular flexibility index (Phi) is 3.72. The highest BCUT2D eigenvalue weighted by molar-refractivity contribution is 6.08. The molecule has 3 nitrogen and oxygen atoms in total. The van der Waals surface area contributed by atoms with E-state index >= 15 is 0 Å². The van der Waals surface area contributed by atoms with Crippen LogP contribution in [0.5, 0.6) is 0 Å². The van der Waals surface area contributed by atoms with Crippen molar-refractivity contribution >= 4 is 16.6 Å². The summed E-state index contributed by atoms with van der Waals surface area (Å²) in [6.07, 6.45) is 3.85. The fraction of sp³-hybridized carbons (Fsp3) is 0.333. The van der Waals surface area contributed by atoms with Gasteiger partial charge in [0.25, 0.3) is 0 Å². The van der Waals surface area contributed by atoms with E-state index in [0.717, 1.165) is 16.3 Å². The van der Waals surface area contributed by atoms with Gasteiger partial charge in [0.1, 0.15) is 0 Å². The zero-order valence-electron chi connectivity index (χ0n) is 10.8. The molecule has 0 saturated heterocycles. The lowest BCUT2D eigenvalue weighted by molar-refractivity contribution is 0.0969. The number of rotatable bonds is 4. The topological polar surface area (TPSA) is 56.0 Å². The highest BCUT2D eigenvalue weighted by Gasteiger charge is 2.16. The Morgan fingerprint density at radius 3 is 2.83 bits per heavy atom. The third kappa shape index (κ3) is 2.57. The molecule has 1 unspecified atom stereocenters. The van der Waals surface area contributed by atoms with Gasteiger partial charge < -0.3 is 5.73 Å². The SMILES string of the molecule is CC(C)C(N)CC(=O)c1cccc2ccncc12. The number of carbonyl (C=O) groups excluding carboxylic acids is 1. The summed E-state index contributed by atoms with van der Waals surface area (Å²) < 4.78 is 0. The summed E-state index contributed by atoms with van der Waals surface area (Å²) in [6, 6.07) is 7.55. The van der Waals surface area contributed by atoms with Gasteiger partial charge >= 0.3 is 0 Å². The Morgan fingerprint density at radius 1 is 1.33 bits per heavy atom. The largest absolute Gasteiger partial charge is 0.327 e. The minimum Gasteiger partial charge on any atom is -0.327 e. The zero-order chi connectivity index (χ0) is 13.1. The predicted octanol–water partition coefficient (Wildman–Crippen LogP) is 2.79. The van der Waals surface area contributed by atoms with Gasteiger partial charge in [-0.3, -0.25) is 9.78 Å². The fourth-order valence-corrected chi connectivity index (χ4v) is 1.92. The molecule has 1 aromatic carbocycles. The maximum atomic E-state index is 12.3. The van der Waals surface area contributed by atoms with Crippen LogP contribution in [0.2, 0.25) is 0 Å². The minimum atomic E-state index is -0.0931. The van der Waals surface area contributed by atoms with E-state index in [1.165, 1.54) is 0 Å². The monoisotopic (exact) mass is 242 g/mol. The summed E-state index contributed by atoms with van der Waals surface area (Å²) >= 11 is 0. The van der Waals surface area contributed by atoms with E-state index in [4.69, 9.17) is 5.73 Å². The lowest BCUT2D eigenvalue weighted by Crippen LogP contribution is -2.29. The third-order valence-corrected chi connectivity index (χ3v) is 3.26. The number of aromatic nitrogens is 1. The number of benzene rings is 1. The first-order valence-corrected chi connectivity index (χ1v) is 6.21. The summed E-state index contributed by atoms with van der Waals surface area (Å²) in [4.78, 5) is 16.4. The van der Waals surface area contributed by atoms with Crippen molar-refractivity contribution in [2.75, 3.05) is 0 Å². The Hall–Kier alpha value is -1.74. The molecule has 0 aliphatic heterocycles. The van der Waals surface area contributed by atoms with Gasteiger partial charge in [0.2, 0.25) is 0 Å². The molecule has 0 saturated carbocycles. The van der Waals surface area contributed by atoms with Crippen LogP contribution in [-0.4, -0.2) is 16.8 Å². The van der Waals surface area contributed by atoms with Crippen molar-refractivity contribution in [3.05, 3.63) is 42.2 Å². The van der Waals surface area contributed by atoms with Crippen LogP contribution in [0.4, 0.5) is 0 Å². The van der Waals surface area contributed by atoms with Gasteiger partial charge in [-0.2, -0.15) is 0 Å². The summed E-state index contributed by atoms with van der Waals surface area (Å²) in [5.74, 6) is 0.400. The van der Waals surface area contributed by atoms with Crippen molar-refractivity contribution in [1.29, 1.82) is 0 Å². The standard InChI is InChI=1S/C15H18N2O/c1-10(2)14(16)8-15(18)12-5-3-4-11-6-7-17-9-13(11)12/h3-7,9-10,14H,8,16H2,1-2H3. The molecule has 0 radical (unpaired) electrons. The maximum Gasteiger partial charge on any atom is 0.165 e. The maximum absolute atomic E-state index is 12.3. The third-order valence-electron chi connectivity index (χ3n) is 3.26. The molecule has 94 valence electrons. The van der Waals surface area contributed by atoms with Gasteiger partial charge in [0.15, 0.2) is 5.78 Å². The molecular formula is C15H18N2O. The molecule has 2 aromatic rings. The highest BCUT2D eigenvalue weighted by atomic mass is 16.1. The van der Waals surface area contributed by atoms with Crippen LogP contribution in [0.25, 0.3) is 10.8 Å². The van der Waals surface area contributed by atoms with Gasteiger partial charge in [0, 0.05) is 35.8 Å². The van der Waals surface area contributed by atoms with Crippen LogP contribution in [0.3, 0.4) is 0 Å². The van der Waals surface area contributed by atoms with E-state index < -0.39 is 0 Å². The van der Waals surface area contributed by atoms with Gasteiger partial charge in [-0.25, -0.2) is 0 Å². The van der Waals surface area contributed by atoms with E-state index in [1.807, 2.05) is 38.1 Å². The van der Waals surface area contributed by atoms with Crippen molar-refractivity contribution in [3.63, 3.8) is 0 Å². The number of nitrogens with two attached hydrogens (primary N) is 1. The number of Topliss-reactive ketones (excluding diaryl/α,β-unsaturated/α-hetero) is 1. The van der Waals surface area contributed by atoms with Crippen LogP contribution in [0.1, 0.15) is 30.6 Å². The fourth-order valence-electron chi connectivity index (χ4n) is 1.92. The molecule has 18 heavy (non-hydrogen) atoms. The van der Waals surface area contributed by atoms with Crippen LogP contribution < -0.4 is 5.73 Å². The zero-order valence-corrected chi connectivity index (χ0v) is 10.8. The molecule has 0 fully saturated rings. The molecule has 0 amide bonds. The molecule has 0 spiro atoms. The number of pyridine rings is 1. The summed E-state index contributed by atoms with van der Waals surface area (Å²) in [5.41, 5.74) is 6.68. The van der Waals surface area contributed by atoms with Crippen molar-refractivity contribution in [1.82, 2.24) is 4.98 Å². The van der Waals surface area contributed by atoms with Crippen LogP contribution >= 0.6 is 0 Å². The van der Waals surface area contributed by atoms with Gasteiger partial charge in [0.05, 0.1) is 0 Å². The van der Waals surface area contributed by atoms with E-state index in [2.05, 4.69) is 4.98 Å². The number of hydrogen-bond acceptors (Lipinski definition) is 3. The van der Waals surface area contributed by atoms with Crippen molar-refractivity contribution in [2.45, 2.75) is 26.3 Å². The van der Waals surface area contributed by atoms with Gasteiger partial charge in [-0.15, -0.1) is 0 Å². The Bertz CT molecular complexity index is 558. The lowest BCUT2D eigenvalue weighted by Gasteiger charge is -2.15. The van der Waals surface area contributed by atoms with Crippen molar-refractivity contribution < 1.29 is 4.79 Å². The van der Waals surface area contributed by atoms with E-state index in [0.29, 0.717) is 12.3 Å². The molecule has 1 atom stereocenters. The summed E-state index contributed by atoms with van der Waals surface area (Å²) in [7, 11) is 0. The van der Waals surface area contributed by atoms with E-state index in [1.54, 1.807) is 12.4 Å². The number of ketones is 1. The highest BCUT2D eigenvalue weighted by Crippen LogP contribution is 2.20. The molecule has 1 heterocycles. The number of nitrogens with zero attached hydrogens (tertiary/aromatic N) is 1. The Morgan fingerprint density at radius 2 is 2.11 bits per heavy atom. The average molecular weight is 242 g/mol. The summed E-state index contributed by atoms with van der Waals surface area (Å²) in [5, 5.41) is 1.94. The molecule has 0 aliphatic rings. The number of carbonyl (C=O) groups is 1. The second-order valence-corrected chi connectivity index (χ2v) is 4.94. The average Bonchev–Trinajstić information content (AvgIpc) is 2.37. The van der Waals surface area contributed by atoms with Crippen LogP contribution in [0.15, 0.2) is 36.7 Å². The second-order valence-electron chi connectivity index (χ2n) is 4.94. The van der Waals surface area contributed by atoms with Crippen molar-refractivity contribution in [2.24, 2.45) is 11.7 Å². The molecule has 0 bridgehead atoms. The molecule has 2 rings (SSSR count). The van der Waals surface area contributed by atoms with Gasteiger partial charge in [-0.1, -0.05) is 32.0 Å².